The van der Waals surface area contributed by atoms with Gasteiger partial charge in [-0.2, -0.15) is 0 Å². The van der Waals surface area contributed by atoms with E-state index in [0.717, 1.165) is 26.1 Å². The number of hydrogen-bond donors (Lipinski definition) is 1. The quantitative estimate of drug-likeness (QED) is 0.834. The molecule has 156 valence electrons. The van der Waals surface area contributed by atoms with Crippen LogP contribution < -0.4 is 5.32 Å². The van der Waals surface area contributed by atoms with Crippen molar-refractivity contribution in [2.24, 2.45) is 5.92 Å². The maximum Gasteiger partial charge on any atom is 0.237 e. The Morgan fingerprint density at radius 3 is 2.59 bits per heavy atom. The first kappa shape index (κ1) is 20.1. The van der Waals surface area contributed by atoms with Gasteiger partial charge in [-0.1, -0.05) is 55.7 Å². The van der Waals surface area contributed by atoms with Crippen LogP contribution in [-0.4, -0.2) is 60.4 Å². The third-order valence-electron chi connectivity index (χ3n) is 6.73. The highest BCUT2D eigenvalue weighted by molar-refractivity contribution is 5.89. The van der Waals surface area contributed by atoms with Gasteiger partial charge in [-0.15, -0.1) is 0 Å². The van der Waals surface area contributed by atoms with E-state index >= 15 is 0 Å². The molecule has 1 aliphatic carbocycles. The number of nitrogens with one attached hydrogen (secondary N) is 1. The predicted octanol–water partition coefficient (Wildman–Crippen LogP) is 3.07. The van der Waals surface area contributed by atoms with Gasteiger partial charge in [0.05, 0.1) is 12.5 Å². The fraction of sp³-hybridized carbons (Fsp3) is 0.583. The molecule has 0 spiro atoms. The van der Waals surface area contributed by atoms with Crippen molar-refractivity contribution in [3.63, 3.8) is 0 Å². The first-order valence-corrected chi connectivity index (χ1v) is 11.2. The third-order valence-corrected chi connectivity index (χ3v) is 6.73. The Morgan fingerprint density at radius 2 is 1.86 bits per heavy atom. The number of piperazine rings is 1. The Morgan fingerprint density at radius 1 is 1.07 bits per heavy atom. The first-order valence-electron chi connectivity index (χ1n) is 11.2. The van der Waals surface area contributed by atoms with E-state index in [4.69, 9.17) is 0 Å². The van der Waals surface area contributed by atoms with Crippen molar-refractivity contribution in [1.82, 2.24) is 15.1 Å². The molecule has 0 bridgehead atoms. The Balaban J connectivity index is 1.35. The van der Waals surface area contributed by atoms with Gasteiger partial charge < -0.3 is 10.2 Å². The Kier molecular flexibility index (Phi) is 6.65. The molecule has 5 nitrogen and oxygen atoms in total. The molecule has 1 N–H and O–H groups in total. The zero-order chi connectivity index (χ0) is 20.1. The van der Waals surface area contributed by atoms with Crippen LogP contribution in [0.1, 0.15) is 50.5 Å². The smallest absolute Gasteiger partial charge is 0.237 e. The van der Waals surface area contributed by atoms with Crippen LogP contribution in [-0.2, 0) is 9.59 Å². The summed E-state index contributed by atoms with van der Waals surface area (Å²) in [5.41, 5.74) is 2.55. The highest BCUT2D eigenvalue weighted by Crippen LogP contribution is 2.27. The summed E-state index contributed by atoms with van der Waals surface area (Å²) in [6.45, 7) is 3.89. The summed E-state index contributed by atoms with van der Waals surface area (Å²) in [6.07, 6.45) is 9.81. The van der Waals surface area contributed by atoms with E-state index in [1.807, 2.05) is 11.0 Å². The largest absolute Gasteiger partial charge is 0.353 e. The van der Waals surface area contributed by atoms with Crippen molar-refractivity contribution in [3.05, 3.63) is 42.0 Å². The number of rotatable bonds is 5. The molecule has 1 saturated carbocycles. The van der Waals surface area contributed by atoms with E-state index in [2.05, 4.69) is 40.6 Å². The maximum absolute atomic E-state index is 13.0. The molecule has 1 unspecified atom stereocenters. The normalized spacial score (nSPS) is 24.1. The highest BCUT2D eigenvalue weighted by Gasteiger charge is 2.34. The van der Waals surface area contributed by atoms with Crippen LogP contribution in [0.3, 0.4) is 0 Å². The lowest BCUT2D eigenvalue weighted by molar-refractivity contribution is -0.138. The molecule has 3 aliphatic rings. The van der Waals surface area contributed by atoms with Gasteiger partial charge in [-0.05, 0) is 36.3 Å². The lowest BCUT2D eigenvalue weighted by Gasteiger charge is -2.38. The van der Waals surface area contributed by atoms with Gasteiger partial charge >= 0.3 is 0 Å². The van der Waals surface area contributed by atoms with Crippen molar-refractivity contribution < 1.29 is 9.59 Å². The molecule has 2 amide bonds. The molecule has 5 heteroatoms. The van der Waals surface area contributed by atoms with E-state index < -0.39 is 0 Å². The number of benzene rings is 1. The molecule has 1 atom stereocenters. The van der Waals surface area contributed by atoms with Gasteiger partial charge in [0.15, 0.2) is 0 Å². The Labute approximate surface area is 174 Å². The number of amides is 2. The summed E-state index contributed by atoms with van der Waals surface area (Å²) >= 11 is 0. The second-order valence-electron chi connectivity index (χ2n) is 8.70. The van der Waals surface area contributed by atoms with E-state index in [9.17, 15) is 9.59 Å². The van der Waals surface area contributed by atoms with Gasteiger partial charge in [0, 0.05) is 32.7 Å². The Hall–Kier alpha value is -2.14. The lowest BCUT2D eigenvalue weighted by atomic mass is 9.88. The van der Waals surface area contributed by atoms with Crippen LogP contribution in [0.5, 0.6) is 0 Å². The molecule has 0 radical (unpaired) electrons. The average Bonchev–Trinajstić information content (AvgIpc) is 2.77. The van der Waals surface area contributed by atoms with E-state index in [-0.39, 0.29) is 17.9 Å². The Bertz CT molecular complexity index is 740. The molecule has 2 fully saturated rings. The summed E-state index contributed by atoms with van der Waals surface area (Å²) in [5.74, 6) is 0.806. The minimum Gasteiger partial charge on any atom is -0.353 e. The predicted molar refractivity (Wildman–Crippen MR) is 115 cm³/mol. The van der Waals surface area contributed by atoms with E-state index in [0.29, 0.717) is 25.4 Å². The molecule has 2 aliphatic heterocycles. The second-order valence-corrected chi connectivity index (χ2v) is 8.70. The fourth-order valence-electron chi connectivity index (χ4n) is 5.01. The van der Waals surface area contributed by atoms with Crippen molar-refractivity contribution in [2.75, 3.05) is 32.7 Å². The molecule has 0 aromatic heterocycles. The highest BCUT2D eigenvalue weighted by atomic mass is 16.2. The van der Waals surface area contributed by atoms with E-state index in [1.54, 1.807) is 0 Å². The first-order chi connectivity index (χ1) is 14.2. The lowest BCUT2D eigenvalue weighted by Crippen LogP contribution is -2.57. The molecular formula is C24H33N3O2. The van der Waals surface area contributed by atoms with Gasteiger partial charge in [-0.3, -0.25) is 14.5 Å². The topological polar surface area (TPSA) is 52.7 Å². The molecule has 1 saturated heterocycles. The maximum atomic E-state index is 13.0. The molecule has 4 rings (SSSR count). The molecule has 1 aromatic rings. The number of nitrogens with zero attached hydrogens (tertiary/aromatic N) is 2. The van der Waals surface area contributed by atoms with Gasteiger partial charge in [0.1, 0.15) is 0 Å². The summed E-state index contributed by atoms with van der Waals surface area (Å²) in [4.78, 5) is 29.7. The van der Waals surface area contributed by atoms with Crippen LogP contribution in [0.4, 0.5) is 0 Å². The van der Waals surface area contributed by atoms with Crippen molar-refractivity contribution in [2.45, 2.75) is 51.0 Å². The zero-order valence-corrected chi connectivity index (χ0v) is 17.3. The van der Waals surface area contributed by atoms with Crippen molar-refractivity contribution in [1.29, 1.82) is 0 Å². The van der Waals surface area contributed by atoms with Crippen molar-refractivity contribution in [3.8, 4) is 0 Å². The van der Waals surface area contributed by atoms with Crippen LogP contribution >= 0.6 is 0 Å². The molecule has 1 aromatic carbocycles. The van der Waals surface area contributed by atoms with Crippen molar-refractivity contribution >= 4 is 17.4 Å². The molecule has 2 heterocycles. The second kappa shape index (κ2) is 9.57. The summed E-state index contributed by atoms with van der Waals surface area (Å²) < 4.78 is 0. The summed E-state index contributed by atoms with van der Waals surface area (Å²) in [6, 6.07) is 10.1. The van der Waals surface area contributed by atoms with Crippen LogP contribution in [0.2, 0.25) is 0 Å². The molecule has 29 heavy (non-hydrogen) atoms. The number of carbonyl (C=O) groups is 2. The average molecular weight is 396 g/mol. The number of hydrogen-bond acceptors (Lipinski definition) is 3. The van der Waals surface area contributed by atoms with Gasteiger partial charge in [-0.25, -0.2) is 0 Å². The third kappa shape index (κ3) is 5.08. The van der Waals surface area contributed by atoms with Crippen LogP contribution in [0, 0.1) is 5.92 Å². The van der Waals surface area contributed by atoms with Gasteiger partial charge in [0.25, 0.3) is 0 Å². The summed E-state index contributed by atoms with van der Waals surface area (Å²) in [5, 5.41) is 2.97. The zero-order valence-electron chi connectivity index (χ0n) is 17.3. The number of carbonyl (C=O) groups excluding carboxylic acids is 2. The van der Waals surface area contributed by atoms with E-state index in [1.165, 1.54) is 43.2 Å². The SMILES string of the molecule is O=C1NCCN(CC2CCCCC2)C1CC(=O)N1CC=C(c2ccccc2)CC1. The fourth-order valence-corrected chi connectivity index (χ4v) is 5.01. The van der Waals surface area contributed by atoms with Gasteiger partial charge in [0.2, 0.25) is 11.8 Å². The standard InChI is InChI=1S/C24H33N3O2/c28-23(26-14-11-21(12-15-26)20-9-5-2-6-10-20)17-22-24(29)25-13-16-27(22)18-19-7-3-1-4-8-19/h2,5-6,9-11,19,22H,1,3-4,7-8,12-18H2,(H,25,29). The molecular weight excluding hydrogens is 362 g/mol. The summed E-state index contributed by atoms with van der Waals surface area (Å²) in [7, 11) is 0. The van der Waals surface area contributed by atoms with Crippen LogP contribution in [0.15, 0.2) is 36.4 Å². The van der Waals surface area contributed by atoms with Crippen LogP contribution in [0.25, 0.3) is 5.57 Å². The minimum absolute atomic E-state index is 0.0259. The minimum atomic E-state index is -0.308. The monoisotopic (exact) mass is 395 g/mol.